The summed E-state index contributed by atoms with van der Waals surface area (Å²) in [5.74, 6) is 1.07. The minimum absolute atomic E-state index is 0. The van der Waals surface area contributed by atoms with E-state index in [0.29, 0.717) is 13.1 Å². The molecule has 1 aromatic heterocycles. The van der Waals surface area contributed by atoms with Crippen LogP contribution < -0.4 is 10.1 Å². The predicted molar refractivity (Wildman–Crippen MR) is 99.0 cm³/mol. The maximum absolute atomic E-state index is 13.0. The van der Waals surface area contributed by atoms with E-state index in [-0.39, 0.29) is 30.2 Å². The molecule has 25 heavy (non-hydrogen) atoms. The average molecular weight is 365 g/mol. The van der Waals surface area contributed by atoms with Crippen LogP contribution in [0, 0.1) is 5.92 Å². The summed E-state index contributed by atoms with van der Waals surface area (Å²) in [4.78, 5) is 14.7. The zero-order valence-corrected chi connectivity index (χ0v) is 15.6. The number of halogens is 1. The molecule has 1 aromatic carbocycles. The maximum Gasteiger partial charge on any atom is 0.227 e. The van der Waals surface area contributed by atoms with E-state index in [1.807, 2.05) is 50.8 Å². The Morgan fingerprint density at radius 3 is 2.84 bits per heavy atom. The molecule has 2 heterocycles. The molecular weight excluding hydrogens is 340 g/mol. The fourth-order valence-electron chi connectivity index (χ4n) is 3.37. The van der Waals surface area contributed by atoms with Crippen molar-refractivity contribution in [3.8, 4) is 5.75 Å². The molecule has 1 N–H and O–H groups in total. The first-order valence-electron chi connectivity index (χ1n) is 8.16. The summed E-state index contributed by atoms with van der Waals surface area (Å²) in [5.41, 5.74) is 2.13. The number of para-hydroxylation sites is 1. The highest BCUT2D eigenvalue weighted by atomic mass is 35.5. The fourth-order valence-corrected chi connectivity index (χ4v) is 3.37. The third kappa shape index (κ3) is 4.14. The molecule has 1 saturated heterocycles. The third-order valence-corrected chi connectivity index (χ3v) is 4.66. The van der Waals surface area contributed by atoms with Gasteiger partial charge in [0.1, 0.15) is 5.75 Å². The molecule has 1 amide bonds. The fraction of sp³-hybridized carbons (Fsp3) is 0.444. The predicted octanol–water partition coefficient (Wildman–Crippen LogP) is 1.81. The van der Waals surface area contributed by atoms with Crippen LogP contribution >= 0.6 is 12.4 Å². The van der Waals surface area contributed by atoms with Crippen LogP contribution in [0.25, 0.3) is 0 Å². The van der Waals surface area contributed by atoms with Gasteiger partial charge in [0.25, 0.3) is 0 Å². The van der Waals surface area contributed by atoms with E-state index >= 15 is 0 Å². The normalized spacial score (nSPS) is 19.3. The number of aromatic nitrogens is 2. The van der Waals surface area contributed by atoms with Gasteiger partial charge in [-0.1, -0.05) is 18.2 Å². The third-order valence-electron chi connectivity index (χ3n) is 4.66. The van der Waals surface area contributed by atoms with Crippen LogP contribution in [0.5, 0.6) is 5.75 Å². The summed E-state index contributed by atoms with van der Waals surface area (Å²) in [6, 6.07) is 7.81. The Labute approximate surface area is 154 Å². The molecule has 3 rings (SSSR count). The quantitative estimate of drug-likeness (QED) is 0.879. The number of benzene rings is 1. The van der Waals surface area contributed by atoms with Crippen molar-refractivity contribution in [2.45, 2.75) is 12.5 Å². The summed E-state index contributed by atoms with van der Waals surface area (Å²) < 4.78 is 7.17. The highest BCUT2D eigenvalue weighted by molar-refractivity contribution is 5.85. The van der Waals surface area contributed by atoms with E-state index < -0.39 is 0 Å². The van der Waals surface area contributed by atoms with Gasteiger partial charge < -0.3 is 15.0 Å². The highest BCUT2D eigenvalue weighted by Crippen LogP contribution is 2.30. The van der Waals surface area contributed by atoms with Gasteiger partial charge in [0, 0.05) is 51.4 Å². The second kappa shape index (κ2) is 8.36. The number of hydrogen-bond acceptors (Lipinski definition) is 4. The zero-order valence-electron chi connectivity index (χ0n) is 14.8. The average Bonchev–Trinajstić information content (AvgIpc) is 3.23. The van der Waals surface area contributed by atoms with Gasteiger partial charge >= 0.3 is 0 Å². The summed E-state index contributed by atoms with van der Waals surface area (Å²) in [7, 11) is 5.41. The Morgan fingerprint density at radius 2 is 2.16 bits per heavy atom. The Hall–Kier alpha value is -2.05. The van der Waals surface area contributed by atoms with Gasteiger partial charge in [0.15, 0.2) is 0 Å². The molecule has 0 saturated carbocycles. The number of hydrogen-bond donors (Lipinski definition) is 1. The van der Waals surface area contributed by atoms with Gasteiger partial charge in [0.05, 0.1) is 19.2 Å². The van der Waals surface area contributed by atoms with Gasteiger partial charge in [0.2, 0.25) is 5.91 Å². The Morgan fingerprint density at radius 1 is 1.40 bits per heavy atom. The molecule has 0 radical (unpaired) electrons. The monoisotopic (exact) mass is 364 g/mol. The summed E-state index contributed by atoms with van der Waals surface area (Å²) >= 11 is 0. The van der Waals surface area contributed by atoms with Crippen molar-refractivity contribution in [3.05, 3.63) is 47.8 Å². The standard InChI is InChI=1S/C18H24N4O2.ClH/c1-21(11-13-6-4-5-7-17(13)24-3)18(23)16-10-19-9-15(16)14-8-20-22(2)12-14;/h4-8,12,15-16,19H,9-11H2,1-3H3;1H/t15-,16+;/m1./s1. The summed E-state index contributed by atoms with van der Waals surface area (Å²) in [6.07, 6.45) is 3.86. The van der Waals surface area contributed by atoms with E-state index in [2.05, 4.69) is 10.4 Å². The maximum atomic E-state index is 13.0. The molecule has 2 atom stereocenters. The smallest absolute Gasteiger partial charge is 0.227 e. The summed E-state index contributed by atoms with van der Waals surface area (Å²) in [5, 5.41) is 7.58. The zero-order chi connectivity index (χ0) is 17.1. The number of amides is 1. The number of carbonyl (C=O) groups is 1. The largest absolute Gasteiger partial charge is 0.496 e. The first-order chi connectivity index (χ1) is 11.6. The van der Waals surface area contributed by atoms with E-state index in [1.54, 1.807) is 16.7 Å². The number of rotatable bonds is 5. The lowest BCUT2D eigenvalue weighted by Crippen LogP contribution is -2.35. The second-order valence-corrected chi connectivity index (χ2v) is 6.32. The van der Waals surface area contributed by atoms with Crippen molar-refractivity contribution in [2.75, 3.05) is 27.2 Å². The van der Waals surface area contributed by atoms with Crippen molar-refractivity contribution in [1.29, 1.82) is 0 Å². The number of methoxy groups -OCH3 is 1. The van der Waals surface area contributed by atoms with Crippen molar-refractivity contribution in [3.63, 3.8) is 0 Å². The molecule has 1 fully saturated rings. The van der Waals surface area contributed by atoms with Crippen LogP contribution in [-0.2, 0) is 18.4 Å². The molecule has 0 aliphatic carbocycles. The molecule has 7 heteroatoms. The number of nitrogens with zero attached hydrogens (tertiary/aromatic N) is 3. The Balaban J connectivity index is 0.00000225. The first-order valence-corrected chi connectivity index (χ1v) is 8.16. The molecule has 136 valence electrons. The van der Waals surface area contributed by atoms with Gasteiger partial charge in [-0.3, -0.25) is 9.48 Å². The van der Waals surface area contributed by atoms with Crippen LogP contribution in [0.3, 0.4) is 0 Å². The SMILES string of the molecule is COc1ccccc1CN(C)C(=O)[C@H]1CNC[C@@H]1c1cnn(C)c1.Cl. The minimum Gasteiger partial charge on any atom is -0.496 e. The van der Waals surface area contributed by atoms with Gasteiger partial charge in [-0.05, 0) is 11.6 Å². The van der Waals surface area contributed by atoms with E-state index in [4.69, 9.17) is 4.74 Å². The number of nitrogens with one attached hydrogen (secondary N) is 1. The minimum atomic E-state index is -0.0612. The number of carbonyl (C=O) groups excluding carboxylic acids is 1. The van der Waals surface area contributed by atoms with Crippen molar-refractivity contribution in [2.24, 2.45) is 13.0 Å². The molecular formula is C18H25ClN4O2. The van der Waals surface area contributed by atoms with Crippen LogP contribution in [0.15, 0.2) is 36.7 Å². The van der Waals surface area contributed by atoms with Crippen LogP contribution in [0.2, 0.25) is 0 Å². The molecule has 2 aromatic rings. The molecule has 6 nitrogen and oxygen atoms in total. The lowest BCUT2D eigenvalue weighted by molar-refractivity contribution is -0.134. The van der Waals surface area contributed by atoms with Crippen molar-refractivity contribution in [1.82, 2.24) is 20.0 Å². The molecule has 1 aliphatic heterocycles. The van der Waals surface area contributed by atoms with Gasteiger partial charge in [-0.25, -0.2) is 0 Å². The summed E-state index contributed by atoms with van der Waals surface area (Å²) in [6.45, 7) is 2.05. The Kier molecular flexibility index (Phi) is 6.45. The van der Waals surface area contributed by atoms with Crippen LogP contribution in [-0.4, -0.2) is 47.8 Å². The second-order valence-electron chi connectivity index (χ2n) is 6.32. The van der Waals surface area contributed by atoms with E-state index in [9.17, 15) is 4.79 Å². The van der Waals surface area contributed by atoms with E-state index in [0.717, 1.165) is 23.4 Å². The van der Waals surface area contributed by atoms with Crippen LogP contribution in [0.4, 0.5) is 0 Å². The number of ether oxygens (including phenoxy) is 1. The van der Waals surface area contributed by atoms with Crippen molar-refractivity contribution >= 4 is 18.3 Å². The van der Waals surface area contributed by atoms with Crippen molar-refractivity contribution < 1.29 is 9.53 Å². The Bertz CT molecular complexity index is 719. The first kappa shape index (κ1) is 19.3. The number of aryl methyl sites for hydroxylation is 1. The molecule has 0 spiro atoms. The van der Waals surface area contributed by atoms with Crippen LogP contribution in [0.1, 0.15) is 17.0 Å². The van der Waals surface area contributed by atoms with Gasteiger partial charge in [-0.2, -0.15) is 5.10 Å². The topological polar surface area (TPSA) is 59.4 Å². The molecule has 0 bridgehead atoms. The van der Waals surface area contributed by atoms with Gasteiger partial charge in [-0.15, -0.1) is 12.4 Å². The lowest BCUT2D eigenvalue weighted by atomic mass is 9.90. The highest BCUT2D eigenvalue weighted by Gasteiger charge is 2.36. The molecule has 0 unspecified atom stereocenters. The lowest BCUT2D eigenvalue weighted by Gasteiger charge is -2.24. The van der Waals surface area contributed by atoms with E-state index in [1.165, 1.54) is 0 Å². The molecule has 1 aliphatic rings.